The third kappa shape index (κ3) is 4.74. The number of rotatable bonds is 5. The van der Waals surface area contributed by atoms with E-state index in [9.17, 15) is 9.59 Å². The van der Waals surface area contributed by atoms with Crippen LogP contribution in [0.4, 0.5) is 5.69 Å². The van der Waals surface area contributed by atoms with Gasteiger partial charge in [0.2, 0.25) is 5.91 Å². The highest BCUT2D eigenvalue weighted by atomic mass is 35.5. The molecule has 3 heterocycles. The third-order valence-electron chi connectivity index (χ3n) is 5.60. The predicted octanol–water partition coefficient (Wildman–Crippen LogP) is 3.17. The van der Waals surface area contributed by atoms with Crippen molar-refractivity contribution in [1.29, 1.82) is 0 Å². The number of hydrogen-bond donors (Lipinski definition) is 1. The average molecular weight is 428 g/mol. The van der Waals surface area contributed by atoms with Crippen LogP contribution in [0.25, 0.3) is 0 Å². The standard InChI is InChI=1S/C22H26ClN5O2/c23-17-7-2-3-8-18(17)25-22(30)19-15-24-20-16-27(13-14-28(19)20)21(29)9-6-12-26-10-4-1-5-11-26/h2-3,6-9,15H,1,4-5,10-14,16H2,(H,25,30)/b9-6+. The molecule has 0 atom stereocenters. The molecule has 1 saturated heterocycles. The smallest absolute Gasteiger partial charge is 0.273 e. The van der Waals surface area contributed by atoms with Crippen LogP contribution < -0.4 is 5.32 Å². The molecule has 0 unspecified atom stereocenters. The van der Waals surface area contributed by atoms with E-state index >= 15 is 0 Å². The number of benzene rings is 1. The number of likely N-dealkylation sites (tertiary alicyclic amines) is 1. The van der Waals surface area contributed by atoms with E-state index in [0.717, 1.165) is 19.6 Å². The van der Waals surface area contributed by atoms with Gasteiger partial charge in [0.1, 0.15) is 11.5 Å². The molecule has 30 heavy (non-hydrogen) atoms. The van der Waals surface area contributed by atoms with Crippen LogP contribution in [0.1, 0.15) is 35.6 Å². The molecule has 4 rings (SSSR count). The van der Waals surface area contributed by atoms with E-state index in [1.165, 1.54) is 19.3 Å². The Labute approximate surface area is 181 Å². The van der Waals surface area contributed by atoms with Crippen LogP contribution in [0.3, 0.4) is 0 Å². The molecule has 0 saturated carbocycles. The van der Waals surface area contributed by atoms with Gasteiger partial charge in [-0.05, 0) is 38.1 Å². The molecule has 1 N–H and O–H groups in total. The molecule has 2 aliphatic heterocycles. The summed E-state index contributed by atoms with van der Waals surface area (Å²) in [5.41, 5.74) is 1.03. The van der Waals surface area contributed by atoms with Crippen molar-refractivity contribution in [2.24, 2.45) is 0 Å². The molecule has 1 aromatic heterocycles. The Hall–Kier alpha value is -2.64. The first-order valence-corrected chi connectivity index (χ1v) is 10.8. The number of anilines is 1. The van der Waals surface area contributed by atoms with E-state index in [1.54, 1.807) is 29.3 Å². The Balaban J connectivity index is 1.35. The van der Waals surface area contributed by atoms with Crippen molar-refractivity contribution in [1.82, 2.24) is 19.4 Å². The number of piperidine rings is 1. The number of nitrogens with zero attached hydrogens (tertiary/aromatic N) is 4. The summed E-state index contributed by atoms with van der Waals surface area (Å²) in [6, 6.07) is 7.11. The minimum absolute atomic E-state index is 0.0108. The van der Waals surface area contributed by atoms with Crippen LogP contribution in [0.2, 0.25) is 5.02 Å². The molecule has 2 amide bonds. The molecule has 0 spiro atoms. The monoisotopic (exact) mass is 427 g/mol. The normalized spacial score (nSPS) is 17.2. The minimum Gasteiger partial charge on any atom is -0.330 e. The lowest BCUT2D eigenvalue weighted by molar-refractivity contribution is -0.127. The zero-order valence-corrected chi connectivity index (χ0v) is 17.6. The zero-order valence-electron chi connectivity index (χ0n) is 16.9. The van der Waals surface area contributed by atoms with Gasteiger partial charge in [-0.1, -0.05) is 36.2 Å². The van der Waals surface area contributed by atoms with Crippen molar-refractivity contribution in [2.45, 2.75) is 32.4 Å². The van der Waals surface area contributed by atoms with Crippen LogP contribution in [0.15, 0.2) is 42.6 Å². The van der Waals surface area contributed by atoms with Crippen LogP contribution in [0.5, 0.6) is 0 Å². The molecule has 8 heteroatoms. The number of nitrogens with one attached hydrogen (secondary N) is 1. The average Bonchev–Trinajstić information content (AvgIpc) is 3.19. The molecule has 2 aromatic rings. The van der Waals surface area contributed by atoms with E-state index in [2.05, 4.69) is 15.2 Å². The van der Waals surface area contributed by atoms with E-state index in [4.69, 9.17) is 11.6 Å². The molecule has 1 aromatic carbocycles. The van der Waals surface area contributed by atoms with Crippen LogP contribution in [-0.2, 0) is 17.9 Å². The lowest BCUT2D eigenvalue weighted by Crippen LogP contribution is -2.38. The number of imidazole rings is 1. The molecular formula is C22H26ClN5O2. The number of carbonyl (C=O) groups is 2. The Kier molecular flexibility index (Phi) is 6.50. The number of carbonyl (C=O) groups excluding carboxylic acids is 2. The maximum Gasteiger partial charge on any atom is 0.273 e. The Bertz CT molecular complexity index is 949. The minimum atomic E-state index is -0.261. The van der Waals surface area contributed by atoms with E-state index in [0.29, 0.717) is 41.9 Å². The summed E-state index contributed by atoms with van der Waals surface area (Å²) in [7, 11) is 0. The molecule has 1 fully saturated rings. The number of hydrogen-bond acceptors (Lipinski definition) is 4. The van der Waals surface area contributed by atoms with Crippen LogP contribution in [0, 0.1) is 0 Å². The highest BCUT2D eigenvalue weighted by Gasteiger charge is 2.25. The fourth-order valence-electron chi connectivity index (χ4n) is 3.93. The topological polar surface area (TPSA) is 70.5 Å². The Morgan fingerprint density at radius 3 is 2.70 bits per heavy atom. The van der Waals surface area contributed by atoms with Gasteiger partial charge in [-0.25, -0.2) is 4.98 Å². The summed E-state index contributed by atoms with van der Waals surface area (Å²) < 4.78 is 1.87. The van der Waals surface area contributed by atoms with Crippen molar-refractivity contribution >= 4 is 29.1 Å². The first-order chi connectivity index (χ1) is 14.6. The highest BCUT2D eigenvalue weighted by Crippen LogP contribution is 2.22. The Morgan fingerprint density at radius 1 is 1.10 bits per heavy atom. The lowest BCUT2D eigenvalue weighted by atomic mass is 10.1. The van der Waals surface area contributed by atoms with Gasteiger partial charge < -0.3 is 14.8 Å². The largest absolute Gasteiger partial charge is 0.330 e. The van der Waals surface area contributed by atoms with E-state index < -0.39 is 0 Å². The van der Waals surface area contributed by atoms with Gasteiger partial charge in [-0.3, -0.25) is 14.5 Å². The molecule has 2 aliphatic rings. The SMILES string of the molecule is O=C(Nc1ccccc1Cl)c1cnc2n1CCN(C(=O)/C=C/CN1CCCCC1)C2. The number of para-hydroxylation sites is 1. The van der Waals surface area contributed by atoms with E-state index in [-0.39, 0.29) is 11.8 Å². The molecular weight excluding hydrogens is 402 g/mol. The maximum atomic E-state index is 12.7. The van der Waals surface area contributed by atoms with E-state index in [1.807, 2.05) is 22.8 Å². The summed E-state index contributed by atoms with van der Waals surface area (Å²) in [4.78, 5) is 33.8. The molecule has 7 nitrogen and oxygen atoms in total. The van der Waals surface area contributed by atoms with Crippen LogP contribution >= 0.6 is 11.6 Å². The van der Waals surface area contributed by atoms with Gasteiger partial charge in [0.05, 0.1) is 23.5 Å². The summed E-state index contributed by atoms with van der Waals surface area (Å²) in [5, 5.41) is 3.31. The first kappa shape index (κ1) is 20.6. The molecule has 0 bridgehead atoms. The molecule has 0 aliphatic carbocycles. The summed E-state index contributed by atoms with van der Waals surface area (Å²) in [6.07, 6.45) is 8.96. The van der Waals surface area contributed by atoms with Gasteiger partial charge >= 0.3 is 0 Å². The number of aromatic nitrogens is 2. The highest BCUT2D eigenvalue weighted by molar-refractivity contribution is 6.33. The number of halogens is 1. The van der Waals surface area contributed by atoms with Gasteiger partial charge in [0.25, 0.3) is 5.91 Å². The quantitative estimate of drug-likeness (QED) is 0.744. The fraction of sp³-hybridized carbons (Fsp3) is 0.409. The Morgan fingerprint density at radius 2 is 1.90 bits per heavy atom. The lowest BCUT2D eigenvalue weighted by Gasteiger charge is -2.28. The van der Waals surface area contributed by atoms with Crippen molar-refractivity contribution in [3.8, 4) is 0 Å². The van der Waals surface area contributed by atoms with Crippen molar-refractivity contribution < 1.29 is 9.59 Å². The number of fused-ring (bicyclic) bond motifs is 1. The molecule has 0 radical (unpaired) electrons. The third-order valence-corrected chi connectivity index (χ3v) is 5.93. The predicted molar refractivity (Wildman–Crippen MR) is 116 cm³/mol. The van der Waals surface area contributed by atoms with Crippen molar-refractivity contribution in [3.63, 3.8) is 0 Å². The van der Waals surface area contributed by atoms with Gasteiger partial charge in [-0.15, -0.1) is 0 Å². The van der Waals surface area contributed by atoms with Crippen LogP contribution in [-0.4, -0.2) is 57.3 Å². The second kappa shape index (κ2) is 9.45. The van der Waals surface area contributed by atoms with Gasteiger partial charge in [-0.2, -0.15) is 0 Å². The number of amides is 2. The summed E-state index contributed by atoms with van der Waals surface area (Å²) >= 11 is 6.13. The summed E-state index contributed by atoms with van der Waals surface area (Å²) in [6.45, 7) is 4.51. The van der Waals surface area contributed by atoms with Gasteiger partial charge in [0.15, 0.2) is 0 Å². The van der Waals surface area contributed by atoms with Crippen molar-refractivity contribution in [2.75, 3.05) is 31.5 Å². The van der Waals surface area contributed by atoms with Gasteiger partial charge in [0, 0.05) is 25.7 Å². The second-order valence-electron chi connectivity index (χ2n) is 7.67. The first-order valence-electron chi connectivity index (χ1n) is 10.4. The second-order valence-corrected chi connectivity index (χ2v) is 8.08. The fourth-order valence-corrected chi connectivity index (χ4v) is 4.11. The summed E-state index contributed by atoms with van der Waals surface area (Å²) in [5.74, 6) is 0.440. The molecule has 158 valence electrons. The maximum absolute atomic E-state index is 12.7. The van der Waals surface area contributed by atoms with Crippen molar-refractivity contribution in [3.05, 3.63) is 59.2 Å². The zero-order chi connectivity index (χ0) is 20.9.